The lowest BCUT2D eigenvalue weighted by atomic mass is 10.1. The molecule has 0 bridgehead atoms. The van der Waals surface area contributed by atoms with Crippen molar-refractivity contribution in [3.63, 3.8) is 0 Å². The van der Waals surface area contributed by atoms with E-state index in [2.05, 4.69) is 10.0 Å². The van der Waals surface area contributed by atoms with Gasteiger partial charge in [0.15, 0.2) is 0 Å². The van der Waals surface area contributed by atoms with Crippen molar-refractivity contribution < 1.29 is 13.2 Å². The summed E-state index contributed by atoms with van der Waals surface area (Å²) >= 11 is 0. The van der Waals surface area contributed by atoms with Crippen molar-refractivity contribution in [1.82, 2.24) is 4.72 Å². The van der Waals surface area contributed by atoms with Gasteiger partial charge in [-0.1, -0.05) is 6.92 Å². The van der Waals surface area contributed by atoms with Crippen LogP contribution in [0.25, 0.3) is 0 Å². The van der Waals surface area contributed by atoms with Gasteiger partial charge in [0, 0.05) is 24.2 Å². The molecule has 0 saturated heterocycles. The van der Waals surface area contributed by atoms with Crippen molar-refractivity contribution in [3.8, 4) is 0 Å². The fraction of sp³-hybridized carbons (Fsp3) is 0.462. The first-order chi connectivity index (χ1) is 9.42. The van der Waals surface area contributed by atoms with Gasteiger partial charge in [-0.05, 0) is 37.1 Å². The Labute approximate surface area is 118 Å². The van der Waals surface area contributed by atoms with E-state index in [4.69, 9.17) is 5.73 Å². The molecule has 1 amide bonds. The molecule has 0 heterocycles. The maximum Gasteiger partial charge on any atom is 0.240 e. The first-order valence-corrected chi connectivity index (χ1v) is 8.04. The zero-order valence-electron chi connectivity index (χ0n) is 11.3. The minimum Gasteiger partial charge on any atom is -0.330 e. The molecule has 0 radical (unpaired) electrons. The largest absolute Gasteiger partial charge is 0.330 e. The highest BCUT2D eigenvalue weighted by atomic mass is 32.2. The number of hydrogen-bond donors (Lipinski definition) is 3. The highest BCUT2D eigenvalue weighted by Gasteiger charge is 2.27. The van der Waals surface area contributed by atoms with E-state index in [0.717, 1.165) is 12.8 Å². The number of sulfonamides is 1. The molecule has 1 aliphatic carbocycles. The summed E-state index contributed by atoms with van der Waals surface area (Å²) in [6.07, 6.45) is 1.79. The van der Waals surface area contributed by atoms with Crippen LogP contribution < -0.4 is 15.8 Å². The van der Waals surface area contributed by atoms with Gasteiger partial charge < -0.3 is 11.1 Å². The second-order valence-electron chi connectivity index (χ2n) is 5.05. The molecule has 1 aromatic carbocycles. The lowest BCUT2D eigenvalue weighted by Gasteiger charge is -2.10. The maximum absolute atomic E-state index is 12.0. The number of benzene rings is 1. The van der Waals surface area contributed by atoms with Crippen LogP contribution in [0.3, 0.4) is 0 Å². The average molecular weight is 297 g/mol. The van der Waals surface area contributed by atoms with Crippen molar-refractivity contribution in [1.29, 1.82) is 0 Å². The number of rotatable bonds is 6. The van der Waals surface area contributed by atoms with Crippen LogP contribution in [0.4, 0.5) is 5.69 Å². The molecular weight excluding hydrogens is 278 g/mol. The summed E-state index contributed by atoms with van der Waals surface area (Å²) in [6.45, 7) is 2.00. The fourth-order valence-electron chi connectivity index (χ4n) is 1.58. The molecule has 1 fully saturated rings. The number of carbonyl (C=O) groups excluding carboxylic acids is 1. The summed E-state index contributed by atoms with van der Waals surface area (Å²) in [5.74, 6) is -0.464. The number of nitrogens with one attached hydrogen (secondary N) is 2. The Bertz CT molecular complexity index is 579. The summed E-state index contributed by atoms with van der Waals surface area (Å²) in [4.78, 5) is 11.9. The van der Waals surface area contributed by atoms with E-state index in [1.165, 1.54) is 12.1 Å². The Balaban J connectivity index is 2.04. The summed E-state index contributed by atoms with van der Waals surface area (Å²) < 4.78 is 26.5. The van der Waals surface area contributed by atoms with Gasteiger partial charge in [-0.2, -0.15) is 0 Å². The van der Waals surface area contributed by atoms with Crippen LogP contribution in [0.15, 0.2) is 29.2 Å². The smallest absolute Gasteiger partial charge is 0.240 e. The lowest BCUT2D eigenvalue weighted by molar-refractivity contribution is -0.119. The highest BCUT2D eigenvalue weighted by Crippen LogP contribution is 2.22. The van der Waals surface area contributed by atoms with E-state index in [-0.39, 0.29) is 29.3 Å². The second kappa shape index (κ2) is 5.90. The summed E-state index contributed by atoms with van der Waals surface area (Å²) in [6, 6.07) is 6.18. The summed E-state index contributed by atoms with van der Waals surface area (Å²) in [5, 5.41) is 2.69. The van der Waals surface area contributed by atoms with E-state index in [0.29, 0.717) is 5.69 Å². The molecule has 6 nitrogen and oxygen atoms in total. The molecule has 0 aromatic heterocycles. The van der Waals surface area contributed by atoms with Crippen LogP contribution in [-0.4, -0.2) is 26.9 Å². The molecule has 1 aromatic rings. The zero-order chi connectivity index (χ0) is 14.8. The van der Waals surface area contributed by atoms with Gasteiger partial charge >= 0.3 is 0 Å². The third-order valence-corrected chi connectivity index (χ3v) is 4.67. The van der Waals surface area contributed by atoms with Crippen molar-refractivity contribution in [2.75, 3.05) is 11.9 Å². The van der Waals surface area contributed by atoms with Gasteiger partial charge in [0.1, 0.15) is 0 Å². The van der Waals surface area contributed by atoms with Crippen molar-refractivity contribution in [2.45, 2.75) is 30.7 Å². The van der Waals surface area contributed by atoms with Crippen LogP contribution in [0.5, 0.6) is 0 Å². The lowest BCUT2D eigenvalue weighted by Crippen LogP contribution is -2.27. The van der Waals surface area contributed by atoms with E-state index in [1.807, 2.05) is 0 Å². The summed E-state index contributed by atoms with van der Waals surface area (Å²) in [7, 11) is -3.45. The molecule has 7 heteroatoms. The standard InChI is InChI=1S/C13H19N3O3S/c1-9(8-14)13(17)15-10-4-6-12(7-5-10)20(18,19)16-11-2-3-11/h4-7,9,11,16H,2-3,8,14H2,1H3,(H,15,17). The Kier molecular flexibility index (Phi) is 4.42. The Morgan fingerprint density at radius 3 is 2.45 bits per heavy atom. The number of nitrogens with two attached hydrogens (primary N) is 1. The Hall–Kier alpha value is -1.44. The van der Waals surface area contributed by atoms with Crippen LogP contribution >= 0.6 is 0 Å². The number of carbonyl (C=O) groups is 1. The molecule has 1 atom stereocenters. The van der Waals surface area contributed by atoms with Crippen molar-refractivity contribution in [2.24, 2.45) is 11.7 Å². The maximum atomic E-state index is 12.0. The van der Waals surface area contributed by atoms with Crippen molar-refractivity contribution in [3.05, 3.63) is 24.3 Å². The van der Waals surface area contributed by atoms with Gasteiger partial charge in [-0.15, -0.1) is 0 Å². The SMILES string of the molecule is CC(CN)C(=O)Nc1ccc(S(=O)(=O)NC2CC2)cc1. The molecule has 1 aliphatic rings. The van der Waals surface area contributed by atoms with E-state index in [9.17, 15) is 13.2 Å². The first kappa shape index (κ1) is 15.0. The second-order valence-corrected chi connectivity index (χ2v) is 6.76. The zero-order valence-corrected chi connectivity index (χ0v) is 12.1. The molecule has 20 heavy (non-hydrogen) atoms. The van der Waals surface area contributed by atoms with Crippen LogP contribution in [0.2, 0.25) is 0 Å². The third-order valence-electron chi connectivity index (χ3n) is 3.13. The molecule has 2 rings (SSSR count). The topological polar surface area (TPSA) is 101 Å². The minimum absolute atomic E-state index is 0.0739. The highest BCUT2D eigenvalue weighted by molar-refractivity contribution is 7.89. The average Bonchev–Trinajstić information content (AvgIpc) is 3.21. The van der Waals surface area contributed by atoms with Crippen LogP contribution in [-0.2, 0) is 14.8 Å². The van der Waals surface area contributed by atoms with Gasteiger partial charge in [-0.3, -0.25) is 4.79 Å². The monoisotopic (exact) mass is 297 g/mol. The van der Waals surface area contributed by atoms with Crippen LogP contribution in [0, 0.1) is 5.92 Å². The predicted octanol–water partition coefficient (Wildman–Crippen LogP) is 0.661. The van der Waals surface area contributed by atoms with E-state index < -0.39 is 10.0 Å². The normalized spacial score (nSPS) is 16.7. The van der Waals surface area contributed by atoms with Crippen LogP contribution in [0.1, 0.15) is 19.8 Å². The molecule has 0 aliphatic heterocycles. The predicted molar refractivity (Wildman–Crippen MR) is 76.6 cm³/mol. The summed E-state index contributed by atoms with van der Waals surface area (Å²) in [5.41, 5.74) is 5.97. The van der Waals surface area contributed by atoms with Crippen molar-refractivity contribution >= 4 is 21.6 Å². The van der Waals surface area contributed by atoms with Gasteiger partial charge in [0.05, 0.1) is 4.90 Å². The first-order valence-electron chi connectivity index (χ1n) is 6.55. The van der Waals surface area contributed by atoms with Gasteiger partial charge in [-0.25, -0.2) is 13.1 Å². The third kappa shape index (κ3) is 3.78. The fourth-order valence-corrected chi connectivity index (χ4v) is 2.88. The molecule has 4 N–H and O–H groups in total. The quantitative estimate of drug-likeness (QED) is 0.718. The number of anilines is 1. The molecule has 0 spiro atoms. The Morgan fingerprint density at radius 1 is 1.35 bits per heavy atom. The van der Waals surface area contributed by atoms with E-state index >= 15 is 0 Å². The van der Waals surface area contributed by atoms with E-state index in [1.54, 1.807) is 19.1 Å². The molecule has 1 unspecified atom stereocenters. The number of amides is 1. The molecule has 110 valence electrons. The Morgan fingerprint density at radius 2 is 1.95 bits per heavy atom. The minimum atomic E-state index is -3.45. The van der Waals surface area contributed by atoms with Gasteiger partial charge in [0.25, 0.3) is 0 Å². The molecule has 1 saturated carbocycles. The number of hydrogen-bond acceptors (Lipinski definition) is 4. The van der Waals surface area contributed by atoms with Gasteiger partial charge in [0.2, 0.25) is 15.9 Å². The molecular formula is C13H19N3O3S.